The van der Waals surface area contributed by atoms with E-state index in [0.29, 0.717) is 22.5 Å². The van der Waals surface area contributed by atoms with Crippen molar-refractivity contribution in [1.29, 1.82) is 0 Å². The van der Waals surface area contributed by atoms with Gasteiger partial charge >= 0.3 is 0 Å². The highest BCUT2D eigenvalue weighted by Gasteiger charge is 2.20. The van der Waals surface area contributed by atoms with E-state index in [1.807, 2.05) is 37.3 Å². The number of amides is 1. The Hall–Kier alpha value is -2.89. The van der Waals surface area contributed by atoms with E-state index in [1.54, 1.807) is 23.3 Å². The monoisotopic (exact) mass is 422 g/mol. The summed E-state index contributed by atoms with van der Waals surface area (Å²) in [6.45, 7) is 4.40. The van der Waals surface area contributed by atoms with E-state index >= 15 is 0 Å². The first-order chi connectivity index (χ1) is 14.0. The number of benzene rings is 2. The average Bonchev–Trinajstić information content (AvgIpc) is 3.34. The molecule has 0 aliphatic carbocycles. The third-order valence-electron chi connectivity index (χ3n) is 4.52. The normalized spacial score (nSPS) is 11.4. The first kappa shape index (κ1) is 19.4. The second-order valence-electron chi connectivity index (χ2n) is 6.78. The van der Waals surface area contributed by atoms with Crippen LogP contribution in [-0.2, 0) is 11.3 Å². The van der Waals surface area contributed by atoms with Gasteiger partial charge in [0, 0.05) is 11.1 Å². The van der Waals surface area contributed by atoms with Gasteiger partial charge in [-0.1, -0.05) is 47.2 Å². The summed E-state index contributed by atoms with van der Waals surface area (Å²) in [6, 6.07) is 15.3. The Balaban J connectivity index is 1.71. The molecule has 0 spiro atoms. The SMILES string of the molecule is Cc1cc(C)c2nc(N(Cc3ccco3)C(=O)/C=C/c3ccccc3Cl)sc2c1. The lowest BCUT2D eigenvalue weighted by molar-refractivity contribution is -0.114. The van der Waals surface area contributed by atoms with E-state index in [1.165, 1.54) is 23.0 Å². The number of furan rings is 1. The maximum absolute atomic E-state index is 13.1. The molecular formula is C23H19ClN2O2S. The summed E-state index contributed by atoms with van der Waals surface area (Å²) < 4.78 is 6.53. The van der Waals surface area contributed by atoms with Crippen LogP contribution < -0.4 is 4.90 Å². The number of rotatable bonds is 5. The van der Waals surface area contributed by atoms with Crippen molar-refractivity contribution in [2.45, 2.75) is 20.4 Å². The molecule has 29 heavy (non-hydrogen) atoms. The quantitative estimate of drug-likeness (QED) is 0.349. The van der Waals surface area contributed by atoms with Crippen molar-refractivity contribution in [3.63, 3.8) is 0 Å². The second-order valence-corrected chi connectivity index (χ2v) is 8.20. The zero-order chi connectivity index (χ0) is 20.4. The Labute approximate surface area is 178 Å². The molecule has 0 aliphatic heterocycles. The zero-order valence-electron chi connectivity index (χ0n) is 16.1. The first-order valence-corrected chi connectivity index (χ1v) is 10.3. The van der Waals surface area contributed by atoms with Gasteiger partial charge in [-0.15, -0.1) is 0 Å². The standard InChI is InChI=1S/C23H19ClN2O2S/c1-15-12-16(2)22-20(13-15)29-23(25-22)26(14-18-7-5-11-28-18)21(27)10-9-17-6-3-4-8-19(17)24/h3-13H,14H2,1-2H3/b10-9+. The van der Waals surface area contributed by atoms with Crippen LogP contribution >= 0.6 is 22.9 Å². The molecule has 2 aromatic carbocycles. The summed E-state index contributed by atoms with van der Waals surface area (Å²) in [5, 5.41) is 1.24. The van der Waals surface area contributed by atoms with E-state index in [0.717, 1.165) is 21.3 Å². The Morgan fingerprint density at radius 3 is 2.79 bits per heavy atom. The van der Waals surface area contributed by atoms with Gasteiger partial charge in [0.2, 0.25) is 0 Å². The van der Waals surface area contributed by atoms with Gasteiger partial charge in [-0.2, -0.15) is 0 Å². The van der Waals surface area contributed by atoms with Crippen LogP contribution in [0.4, 0.5) is 5.13 Å². The van der Waals surface area contributed by atoms with Gasteiger partial charge in [0.25, 0.3) is 5.91 Å². The smallest absolute Gasteiger partial charge is 0.253 e. The molecular weight excluding hydrogens is 404 g/mol. The zero-order valence-corrected chi connectivity index (χ0v) is 17.6. The topological polar surface area (TPSA) is 46.3 Å². The van der Waals surface area contributed by atoms with Crippen LogP contribution in [0.25, 0.3) is 16.3 Å². The summed E-state index contributed by atoms with van der Waals surface area (Å²) in [7, 11) is 0. The van der Waals surface area contributed by atoms with Crippen LogP contribution in [0, 0.1) is 13.8 Å². The maximum Gasteiger partial charge on any atom is 0.253 e. The van der Waals surface area contributed by atoms with Crippen molar-refractivity contribution in [1.82, 2.24) is 4.98 Å². The molecule has 1 amide bonds. The molecule has 2 heterocycles. The molecule has 0 radical (unpaired) electrons. The Morgan fingerprint density at radius 2 is 2.03 bits per heavy atom. The molecule has 0 aliphatic rings. The molecule has 0 atom stereocenters. The van der Waals surface area contributed by atoms with Crippen molar-refractivity contribution in [3.05, 3.63) is 88.3 Å². The average molecular weight is 423 g/mol. The number of hydrogen-bond donors (Lipinski definition) is 0. The lowest BCUT2D eigenvalue weighted by Gasteiger charge is -2.16. The molecule has 4 aromatic rings. The molecule has 0 N–H and O–H groups in total. The molecule has 0 unspecified atom stereocenters. The van der Waals surface area contributed by atoms with Gasteiger partial charge in [-0.05, 0) is 60.9 Å². The largest absolute Gasteiger partial charge is 0.467 e. The molecule has 0 fully saturated rings. The second kappa shape index (κ2) is 8.23. The minimum Gasteiger partial charge on any atom is -0.467 e. The third kappa shape index (κ3) is 4.26. The van der Waals surface area contributed by atoms with Crippen molar-refractivity contribution >= 4 is 50.3 Å². The van der Waals surface area contributed by atoms with Crippen molar-refractivity contribution < 1.29 is 9.21 Å². The van der Waals surface area contributed by atoms with Crippen molar-refractivity contribution in [2.24, 2.45) is 0 Å². The van der Waals surface area contributed by atoms with Crippen LogP contribution in [-0.4, -0.2) is 10.9 Å². The number of fused-ring (bicyclic) bond motifs is 1. The number of nitrogens with zero attached hydrogens (tertiary/aromatic N) is 2. The summed E-state index contributed by atoms with van der Waals surface area (Å²) in [4.78, 5) is 19.5. The van der Waals surface area contributed by atoms with E-state index in [2.05, 4.69) is 19.1 Å². The highest BCUT2D eigenvalue weighted by Crippen LogP contribution is 2.32. The highest BCUT2D eigenvalue weighted by molar-refractivity contribution is 7.22. The predicted molar refractivity (Wildman–Crippen MR) is 119 cm³/mol. The summed E-state index contributed by atoms with van der Waals surface area (Å²) in [5.41, 5.74) is 3.98. The number of halogens is 1. The van der Waals surface area contributed by atoms with Gasteiger partial charge < -0.3 is 4.42 Å². The maximum atomic E-state index is 13.1. The van der Waals surface area contributed by atoms with E-state index < -0.39 is 0 Å². The lowest BCUT2D eigenvalue weighted by atomic mass is 10.1. The fraction of sp³-hybridized carbons (Fsp3) is 0.130. The minimum absolute atomic E-state index is 0.185. The van der Waals surface area contributed by atoms with Crippen molar-refractivity contribution in [3.8, 4) is 0 Å². The number of aryl methyl sites for hydroxylation is 2. The van der Waals surface area contributed by atoms with Gasteiger partial charge in [-0.25, -0.2) is 4.98 Å². The molecule has 4 nitrogen and oxygen atoms in total. The fourth-order valence-electron chi connectivity index (χ4n) is 3.13. The summed E-state index contributed by atoms with van der Waals surface area (Å²) in [6.07, 6.45) is 4.85. The number of carbonyl (C=O) groups is 1. The van der Waals surface area contributed by atoms with E-state index in [-0.39, 0.29) is 5.91 Å². The van der Waals surface area contributed by atoms with Gasteiger partial charge in [-0.3, -0.25) is 9.69 Å². The van der Waals surface area contributed by atoms with E-state index in [9.17, 15) is 4.79 Å². The van der Waals surface area contributed by atoms with Crippen LogP contribution in [0.1, 0.15) is 22.5 Å². The predicted octanol–water partition coefficient (Wildman–Crippen LogP) is 6.41. The molecule has 0 bridgehead atoms. The lowest BCUT2D eigenvalue weighted by Crippen LogP contribution is -2.28. The molecule has 0 saturated heterocycles. The molecule has 6 heteroatoms. The van der Waals surface area contributed by atoms with Crippen LogP contribution in [0.3, 0.4) is 0 Å². The van der Waals surface area contributed by atoms with Gasteiger partial charge in [0.05, 0.1) is 23.0 Å². The third-order valence-corrected chi connectivity index (χ3v) is 5.89. The van der Waals surface area contributed by atoms with E-state index in [4.69, 9.17) is 21.0 Å². The summed E-state index contributed by atoms with van der Waals surface area (Å²) in [5.74, 6) is 0.506. The van der Waals surface area contributed by atoms with Gasteiger partial charge in [0.15, 0.2) is 5.13 Å². The minimum atomic E-state index is -0.185. The summed E-state index contributed by atoms with van der Waals surface area (Å²) >= 11 is 7.70. The highest BCUT2D eigenvalue weighted by atomic mass is 35.5. The molecule has 4 rings (SSSR count). The molecule has 0 saturated carbocycles. The fourth-order valence-corrected chi connectivity index (χ4v) is 4.48. The Bertz CT molecular complexity index is 1200. The molecule has 2 aromatic heterocycles. The Morgan fingerprint density at radius 1 is 1.21 bits per heavy atom. The van der Waals surface area contributed by atoms with Crippen molar-refractivity contribution in [2.75, 3.05) is 4.90 Å². The van der Waals surface area contributed by atoms with Crippen LogP contribution in [0.5, 0.6) is 0 Å². The number of hydrogen-bond acceptors (Lipinski definition) is 4. The molecule has 146 valence electrons. The number of anilines is 1. The van der Waals surface area contributed by atoms with Gasteiger partial charge in [0.1, 0.15) is 5.76 Å². The van der Waals surface area contributed by atoms with Crippen LogP contribution in [0.15, 0.2) is 65.3 Å². The number of thiazole rings is 1. The number of carbonyl (C=O) groups excluding carboxylic acids is 1. The number of aromatic nitrogens is 1. The van der Waals surface area contributed by atoms with Crippen LogP contribution in [0.2, 0.25) is 5.02 Å². The Kier molecular flexibility index (Phi) is 5.51. The first-order valence-electron chi connectivity index (χ1n) is 9.15.